The first kappa shape index (κ1) is 11.4. The highest BCUT2D eigenvalue weighted by atomic mass is 16.4. The van der Waals surface area contributed by atoms with Crippen molar-refractivity contribution in [1.29, 1.82) is 0 Å². The fourth-order valence-corrected chi connectivity index (χ4v) is 2.04. The van der Waals surface area contributed by atoms with Crippen LogP contribution in [0.15, 0.2) is 18.2 Å². The number of nitrogen functional groups attached to an aromatic ring is 1. The Morgan fingerprint density at radius 3 is 2.82 bits per heavy atom. The van der Waals surface area contributed by atoms with Crippen LogP contribution in [0.1, 0.15) is 12.0 Å². The van der Waals surface area contributed by atoms with Crippen LogP contribution in [0.4, 0.5) is 11.4 Å². The van der Waals surface area contributed by atoms with E-state index in [1.807, 2.05) is 6.92 Å². The first-order valence-electron chi connectivity index (χ1n) is 5.39. The monoisotopic (exact) mass is 234 g/mol. The number of carboxylic acids is 1. The van der Waals surface area contributed by atoms with Crippen molar-refractivity contribution in [3.8, 4) is 0 Å². The van der Waals surface area contributed by atoms with E-state index in [4.69, 9.17) is 10.8 Å². The standard InChI is InChI=1S/C12H14N2O3/c1-7-9(13)3-2-4-10(7)14-6-8(12(16)17)5-11(14)15/h2-4,8H,5-6,13H2,1H3,(H,16,17). The third-order valence-electron chi connectivity index (χ3n) is 3.11. The maximum atomic E-state index is 11.8. The largest absolute Gasteiger partial charge is 0.481 e. The first-order valence-corrected chi connectivity index (χ1v) is 5.39. The molecule has 5 nitrogen and oxygen atoms in total. The molecule has 2 rings (SSSR count). The summed E-state index contributed by atoms with van der Waals surface area (Å²) in [7, 11) is 0. The van der Waals surface area contributed by atoms with Gasteiger partial charge < -0.3 is 15.7 Å². The van der Waals surface area contributed by atoms with E-state index in [-0.39, 0.29) is 18.9 Å². The number of benzene rings is 1. The average Bonchev–Trinajstić information content (AvgIpc) is 2.65. The third-order valence-corrected chi connectivity index (χ3v) is 3.11. The van der Waals surface area contributed by atoms with Crippen LogP contribution < -0.4 is 10.6 Å². The zero-order valence-electron chi connectivity index (χ0n) is 9.51. The van der Waals surface area contributed by atoms with E-state index in [2.05, 4.69) is 0 Å². The molecular formula is C12H14N2O3. The number of anilines is 2. The van der Waals surface area contributed by atoms with Gasteiger partial charge in [0, 0.05) is 24.3 Å². The molecule has 1 amide bonds. The number of nitrogens with zero attached hydrogens (tertiary/aromatic N) is 1. The molecule has 17 heavy (non-hydrogen) atoms. The lowest BCUT2D eigenvalue weighted by atomic mass is 10.1. The molecule has 0 spiro atoms. The lowest BCUT2D eigenvalue weighted by Crippen LogP contribution is -2.26. The van der Waals surface area contributed by atoms with E-state index in [1.165, 1.54) is 4.90 Å². The lowest BCUT2D eigenvalue weighted by Gasteiger charge is -2.19. The number of rotatable bonds is 2. The van der Waals surface area contributed by atoms with Crippen molar-refractivity contribution in [2.24, 2.45) is 5.92 Å². The molecule has 0 radical (unpaired) electrons. The number of amides is 1. The number of nitrogens with two attached hydrogens (primary N) is 1. The molecule has 1 aromatic rings. The number of aliphatic carboxylic acids is 1. The summed E-state index contributed by atoms with van der Waals surface area (Å²) in [5, 5.41) is 8.92. The normalized spacial score (nSPS) is 19.7. The van der Waals surface area contributed by atoms with Gasteiger partial charge >= 0.3 is 5.97 Å². The average molecular weight is 234 g/mol. The van der Waals surface area contributed by atoms with Crippen molar-refractivity contribution >= 4 is 23.3 Å². The molecule has 0 aromatic heterocycles. The Hall–Kier alpha value is -2.04. The van der Waals surface area contributed by atoms with E-state index >= 15 is 0 Å². The Labute approximate surface area is 98.8 Å². The molecule has 5 heteroatoms. The Morgan fingerprint density at radius 2 is 2.24 bits per heavy atom. The van der Waals surface area contributed by atoms with Crippen LogP contribution >= 0.6 is 0 Å². The first-order chi connectivity index (χ1) is 8.00. The topological polar surface area (TPSA) is 83.6 Å². The van der Waals surface area contributed by atoms with Gasteiger partial charge in [0.05, 0.1) is 5.92 Å². The summed E-state index contributed by atoms with van der Waals surface area (Å²) in [5.74, 6) is -1.71. The van der Waals surface area contributed by atoms with Crippen molar-refractivity contribution in [2.75, 3.05) is 17.2 Å². The van der Waals surface area contributed by atoms with E-state index in [9.17, 15) is 9.59 Å². The minimum atomic E-state index is -0.928. The van der Waals surface area contributed by atoms with Crippen LogP contribution in [0.3, 0.4) is 0 Å². The summed E-state index contributed by atoms with van der Waals surface area (Å²) in [4.78, 5) is 24.2. The van der Waals surface area contributed by atoms with Crippen molar-refractivity contribution in [3.63, 3.8) is 0 Å². The molecule has 1 unspecified atom stereocenters. The van der Waals surface area contributed by atoms with Gasteiger partial charge in [-0.15, -0.1) is 0 Å². The zero-order chi connectivity index (χ0) is 12.6. The summed E-state index contributed by atoms with van der Waals surface area (Å²) in [6.45, 7) is 2.05. The Balaban J connectivity index is 2.32. The van der Waals surface area contributed by atoms with E-state index in [0.717, 1.165) is 5.56 Å². The Bertz CT molecular complexity index is 485. The van der Waals surface area contributed by atoms with E-state index < -0.39 is 11.9 Å². The molecule has 1 aromatic carbocycles. The van der Waals surface area contributed by atoms with Crippen LogP contribution in [-0.4, -0.2) is 23.5 Å². The van der Waals surface area contributed by atoms with Gasteiger partial charge in [-0.2, -0.15) is 0 Å². The number of carbonyl (C=O) groups is 2. The predicted octanol–water partition coefficient (Wildman–Crippen LogP) is 1.01. The molecule has 1 aliphatic rings. The minimum absolute atomic E-state index is 0.0591. The minimum Gasteiger partial charge on any atom is -0.481 e. The fraction of sp³-hybridized carbons (Fsp3) is 0.333. The number of hydrogen-bond acceptors (Lipinski definition) is 3. The molecule has 90 valence electrons. The van der Waals surface area contributed by atoms with Crippen LogP contribution in [0, 0.1) is 12.8 Å². The summed E-state index contributed by atoms with van der Waals surface area (Å²) in [6, 6.07) is 5.31. The molecular weight excluding hydrogens is 220 g/mol. The Morgan fingerprint density at radius 1 is 1.53 bits per heavy atom. The summed E-state index contributed by atoms with van der Waals surface area (Å²) >= 11 is 0. The second-order valence-corrected chi connectivity index (χ2v) is 4.23. The zero-order valence-corrected chi connectivity index (χ0v) is 9.51. The quantitative estimate of drug-likeness (QED) is 0.748. The molecule has 0 bridgehead atoms. The van der Waals surface area contributed by atoms with Gasteiger partial charge in [0.25, 0.3) is 0 Å². The maximum Gasteiger partial charge on any atom is 0.308 e. The predicted molar refractivity (Wildman–Crippen MR) is 63.7 cm³/mol. The van der Waals surface area contributed by atoms with Crippen LogP contribution in [0.5, 0.6) is 0 Å². The summed E-state index contributed by atoms with van der Waals surface area (Å²) < 4.78 is 0. The van der Waals surface area contributed by atoms with E-state index in [1.54, 1.807) is 18.2 Å². The SMILES string of the molecule is Cc1c(N)cccc1N1CC(C(=O)O)CC1=O. The molecule has 3 N–H and O–H groups in total. The van der Waals surface area contributed by atoms with E-state index in [0.29, 0.717) is 11.4 Å². The van der Waals surface area contributed by atoms with Crippen LogP contribution in [-0.2, 0) is 9.59 Å². The van der Waals surface area contributed by atoms with Crippen molar-refractivity contribution in [2.45, 2.75) is 13.3 Å². The number of carbonyl (C=O) groups excluding carboxylic acids is 1. The highest BCUT2D eigenvalue weighted by molar-refractivity contribution is 6.00. The van der Waals surface area contributed by atoms with Crippen LogP contribution in [0.25, 0.3) is 0 Å². The molecule has 1 saturated heterocycles. The molecule has 0 aliphatic carbocycles. The van der Waals surface area contributed by atoms with Gasteiger partial charge in [-0.25, -0.2) is 0 Å². The van der Waals surface area contributed by atoms with Gasteiger partial charge in [0.2, 0.25) is 5.91 Å². The summed E-state index contributed by atoms with van der Waals surface area (Å²) in [6.07, 6.45) is 0.0591. The van der Waals surface area contributed by atoms with Crippen molar-refractivity contribution in [1.82, 2.24) is 0 Å². The molecule has 1 heterocycles. The Kier molecular flexibility index (Phi) is 2.75. The highest BCUT2D eigenvalue weighted by Crippen LogP contribution is 2.30. The van der Waals surface area contributed by atoms with Crippen molar-refractivity contribution in [3.05, 3.63) is 23.8 Å². The lowest BCUT2D eigenvalue weighted by molar-refractivity contribution is -0.141. The van der Waals surface area contributed by atoms with Gasteiger partial charge in [0.1, 0.15) is 0 Å². The smallest absolute Gasteiger partial charge is 0.308 e. The number of carboxylic acid groups (broad SMARTS) is 1. The second kappa shape index (κ2) is 4.08. The molecule has 1 fully saturated rings. The third kappa shape index (κ3) is 1.95. The molecule has 1 atom stereocenters. The maximum absolute atomic E-state index is 11.8. The molecule has 0 saturated carbocycles. The van der Waals surface area contributed by atoms with Crippen molar-refractivity contribution < 1.29 is 14.7 Å². The van der Waals surface area contributed by atoms with Crippen LogP contribution in [0.2, 0.25) is 0 Å². The molecule has 1 aliphatic heterocycles. The summed E-state index contributed by atoms with van der Waals surface area (Å²) in [5.41, 5.74) is 7.90. The van der Waals surface area contributed by atoms with Gasteiger partial charge in [-0.1, -0.05) is 6.07 Å². The van der Waals surface area contributed by atoms with Gasteiger partial charge in [0.15, 0.2) is 0 Å². The van der Waals surface area contributed by atoms with Gasteiger partial charge in [-0.05, 0) is 24.6 Å². The van der Waals surface area contributed by atoms with Gasteiger partial charge in [-0.3, -0.25) is 9.59 Å². The number of hydrogen-bond donors (Lipinski definition) is 2. The second-order valence-electron chi connectivity index (χ2n) is 4.23. The highest BCUT2D eigenvalue weighted by Gasteiger charge is 2.35. The fourth-order valence-electron chi connectivity index (χ4n) is 2.04.